The van der Waals surface area contributed by atoms with Crippen LogP contribution in [0, 0.1) is 6.92 Å². The number of thioether (sulfide) groups is 1. The van der Waals surface area contributed by atoms with E-state index in [9.17, 15) is 0 Å². The van der Waals surface area contributed by atoms with Crippen LogP contribution in [-0.2, 0) is 0 Å². The average Bonchev–Trinajstić information content (AvgIpc) is 3.05. The van der Waals surface area contributed by atoms with Gasteiger partial charge in [0.05, 0.1) is 17.6 Å². The number of aryl methyl sites for hydroxylation is 1. The summed E-state index contributed by atoms with van der Waals surface area (Å²) in [7, 11) is 0. The second kappa shape index (κ2) is 6.96. The molecule has 0 amide bonds. The molecular weight excluding hydrogens is 344 g/mol. The summed E-state index contributed by atoms with van der Waals surface area (Å²) >= 11 is 1.68. The quantitative estimate of drug-likeness (QED) is 0.688. The molecule has 0 unspecified atom stereocenters. The van der Waals surface area contributed by atoms with Gasteiger partial charge in [-0.1, -0.05) is 41.6 Å². The van der Waals surface area contributed by atoms with Crippen LogP contribution in [0.1, 0.15) is 25.0 Å². The lowest BCUT2D eigenvalue weighted by Crippen LogP contribution is -2.21. The van der Waals surface area contributed by atoms with Crippen molar-refractivity contribution < 1.29 is 4.74 Å². The summed E-state index contributed by atoms with van der Waals surface area (Å²) in [4.78, 5) is 0. The zero-order chi connectivity index (χ0) is 18.1. The van der Waals surface area contributed by atoms with E-state index in [-0.39, 0.29) is 5.25 Å². The minimum Gasteiger partial charge on any atom is -0.494 e. The molecule has 0 radical (unpaired) electrons. The van der Waals surface area contributed by atoms with E-state index in [1.165, 1.54) is 5.56 Å². The SMILES string of the molecule is CCOc1ccc(C2=Nn3c(nnc3-c3ccc(C)cc3)S[C@H]2C)cc1. The van der Waals surface area contributed by atoms with Gasteiger partial charge in [0.25, 0.3) is 0 Å². The van der Waals surface area contributed by atoms with Gasteiger partial charge in [-0.15, -0.1) is 10.2 Å². The van der Waals surface area contributed by atoms with E-state index in [0.717, 1.165) is 33.6 Å². The van der Waals surface area contributed by atoms with Gasteiger partial charge >= 0.3 is 0 Å². The summed E-state index contributed by atoms with van der Waals surface area (Å²) in [6.07, 6.45) is 0. The largest absolute Gasteiger partial charge is 0.494 e. The molecule has 0 N–H and O–H groups in total. The number of rotatable bonds is 4. The van der Waals surface area contributed by atoms with Crippen LogP contribution in [0.3, 0.4) is 0 Å². The topological polar surface area (TPSA) is 52.3 Å². The predicted molar refractivity (Wildman–Crippen MR) is 105 cm³/mol. The molecule has 5 nitrogen and oxygen atoms in total. The third kappa shape index (κ3) is 3.12. The lowest BCUT2D eigenvalue weighted by atomic mass is 10.1. The highest BCUT2D eigenvalue weighted by atomic mass is 32.2. The van der Waals surface area contributed by atoms with Gasteiger partial charge in [-0.05, 0) is 50.6 Å². The van der Waals surface area contributed by atoms with Crippen LogP contribution in [-0.4, -0.2) is 32.4 Å². The van der Waals surface area contributed by atoms with Crippen molar-refractivity contribution in [3.8, 4) is 17.1 Å². The summed E-state index contributed by atoms with van der Waals surface area (Å²) in [6.45, 7) is 6.86. The summed E-state index contributed by atoms with van der Waals surface area (Å²) in [6, 6.07) is 16.4. The zero-order valence-corrected chi connectivity index (χ0v) is 15.8. The Morgan fingerprint density at radius 2 is 1.69 bits per heavy atom. The first-order chi connectivity index (χ1) is 12.7. The monoisotopic (exact) mass is 364 g/mol. The Morgan fingerprint density at radius 1 is 1.00 bits per heavy atom. The summed E-state index contributed by atoms with van der Waals surface area (Å²) < 4.78 is 7.38. The van der Waals surface area contributed by atoms with Crippen molar-refractivity contribution in [3.63, 3.8) is 0 Å². The molecule has 132 valence electrons. The fourth-order valence-electron chi connectivity index (χ4n) is 2.90. The van der Waals surface area contributed by atoms with Gasteiger partial charge in [0.2, 0.25) is 5.16 Å². The van der Waals surface area contributed by atoms with Crippen molar-refractivity contribution in [3.05, 3.63) is 59.7 Å². The third-order valence-corrected chi connectivity index (χ3v) is 5.30. The molecule has 1 aliphatic heterocycles. The maximum Gasteiger partial charge on any atom is 0.213 e. The molecule has 3 aromatic rings. The van der Waals surface area contributed by atoms with Gasteiger partial charge in [-0.2, -0.15) is 9.78 Å². The van der Waals surface area contributed by atoms with Crippen molar-refractivity contribution in [2.75, 3.05) is 6.61 Å². The minimum absolute atomic E-state index is 0.204. The smallest absolute Gasteiger partial charge is 0.213 e. The van der Waals surface area contributed by atoms with Gasteiger partial charge in [-0.3, -0.25) is 0 Å². The summed E-state index contributed by atoms with van der Waals surface area (Å²) in [5.74, 6) is 1.64. The molecule has 2 heterocycles. The molecule has 1 aliphatic rings. The molecule has 1 aromatic heterocycles. The molecule has 26 heavy (non-hydrogen) atoms. The van der Waals surface area contributed by atoms with E-state index in [1.807, 2.05) is 23.7 Å². The number of aromatic nitrogens is 3. The number of ether oxygens (including phenoxy) is 1. The van der Waals surface area contributed by atoms with Crippen molar-refractivity contribution in [1.82, 2.24) is 14.9 Å². The molecule has 6 heteroatoms. The van der Waals surface area contributed by atoms with E-state index in [4.69, 9.17) is 9.84 Å². The first-order valence-electron chi connectivity index (χ1n) is 8.67. The Kier molecular flexibility index (Phi) is 4.51. The zero-order valence-electron chi connectivity index (χ0n) is 15.0. The van der Waals surface area contributed by atoms with Crippen LogP contribution in [0.15, 0.2) is 58.8 Å². The van der Waals surface area contributed by atoms with Crippen molar-refractivity contribution in [1.29, 1.82) is 0 Å². The van der Waals surface area contributed by atoms with Crippen LogP contribution in [0.25, 0.3) is 11.4 Å². The second-order valence-electron chi connectivity index (χ2n) is 6.19. The number of hydrogen-bond donors (Lipinski definition) is 0. The molecule has 0 spiro atoms. The lowest BCUT2D eigenvalue weighted by molar-refractivity contribution is 0.340. The maximum atomic E-state index is 5.54. The van der Waals surface area contributed by atoms with E-state index in [2.05, 4.69) is 60.4 Å². The molecule has 1 atom stereocenters. The van der Waals surface area contributed by atoms with Crippen LogP contribution in [0.2, 0.25) is 0 Å². The number of fused-ring (bicyclic) bond motifs is 1. The van der Waals surface area contributed by atoms with Gasteiger partial charge < -0.3 is 4.74 Å². The molecule has 0 aliphatic carbocycles. The summed E-state index contributed by atoms with van der Waals surface area (Å²) in [5.41, 5.74) is 4.33. The normalized spacial score (nSPS) is 16.1. The maximum absolute atomic E-state index is 5.54. The van der Waals surface area contributed by atoms with Crippen LogP contribution < -0.4 is 4.74 Å². The lowest BCUT2D eigenvalue weighted by Gasteiger charge is -2.20. The molecule has 0 saturated carbocycles. The van der Waals surface area contributed by atoms with Crippen LogP contribution in [0.5, 0.6) is 5.75 Å². The Bertz CT molecular complexity index is 945. The molecule has 0 bridgehead atoms. The number of nitrogens with zero attached hydrogens (tertiary/aromatic N) is 4. The first kappa shape index (κ1) is 16.8. The molecule has 2 aromatic carbocycles. The fraction of sp³-hybridized carbons (Fsp3) is 0.250. The average molecular weight is 364 g/mol. The standard InChI is InChI=1S/C20H20N4OS/c1-4-25-17-11-9-15(10-12-17)18-14(3)26-20-22-21-19(24(20)23-18)16-7-5-13(2)6-8-16/h5-12,14H,4H2,1-3H3/t14-/m0/s1. The third-order valence-electron chi connectivity index (χ3n) is 4.26. The minimum atomic E-state index is 0.204. The van der Waals surface area contributed by atoms with Gasteiger partial charge in [0.15, 0.2) is 5.82 Å². The van der Waals surface area contributed by atoms with E-state index in [0.29, 0.717) is 6.61 Å². The number of hydrogen-bond acceptors (Lipinski definition) is 5. The Labute approximate surface area is 157 Å². The predicted octanol–water partition coefficient (Wildman–Crippen LogP) is 4.40. The van der Waals surface area contributed by atoms with Crippen molar-refractivity contribution in [2.45, 2.75) is 31.2 Å². The van der Waals surface area contributed by atoms with Gasteiger partial charge in [-0.25, -0.2) is 0 Å². The van der Waals surface area contributed by atoms with E-state index < -0.39 is 0 Å². The highest BCUT2D eigenvalue weighted by Gasteiger charge is 2.26. The highest BCUT2D eigenvalue weighted by Crippen LogP contribution is 2.33. The molecular formula is C20H20N4OS. The first-order valence-corrected chi connectivity index (χ1v) is 9.55. The van der Waals surface area contributed by atoms with Gasteiger partial charge in [0, 0.05) is 5.56 Å². The van der Waals surface area contributed by atoms with Crippen LogP contribution in [0.4, 0.5) is 0 Å². The summed E-state index contributed by atoms with van der Waals surface area (Å²) in [5, 5.41) is 14.6. The molecule has 4 rings (SSSR count). The Balaban J connectivity index is 1.73. The van der Waals surface area contributed by atoms with Crippen LogP contribution >= 0.6 is 11.8 Å². The highest BCUT2D eigenvalue weighted by molar-refractivity contribution is 8.00. The Hall–Kier alpha value is -2.60. The number of benzene rings is 2. The Morgan fingerprint density at radius 3 is 2.38 bits per heavy atom. The molecule has 0 fully saturated rings. The van der Waals surface area contributed by atoms with Crippen molar-refractivity contribution in [2.24, 2.45) is 5.10 Å². The second-order valence-corrected chi connectivity index (χ2v) is 7.49. The molecule has 0 saturated heterocycles. The van der Waals surface area contributed by atoms with Crippen molar-refractivity contribution >= 4 is 17.5 Å². The van der Waals surface area contributed by atoms with E-state index in [1.54, 1.807) is 11.8 Å². The van der Waals surface area contributed by atoms with E-state index >= 15 is 0 Å². The fourth-order valence-corrected chi connectivity index (χ4v) is 3.82. The van der Waals surface area contributed by atoms with Gasteiger partial charge in [0.1, 0.15) is 5.75 Å².